The molecule has 2 amide bonds. The van der Waals surface area contributed by atoms with Crippen molar-refractivity contribution in [3.05, 3.63) is 12.7 Å². The van der Waals surface area contributed by atoms with E-state index >= 15 is 0 Å². The SMILES string of the molecule is C=CCCC(=O)N1CC(=O)NCC1C(=O)O. The molecule has 1 aliphatic rings. The number of carbonyl (C=O) groups is 3. The first-order chi connectivity index (χ1) is 7.56. The van der Waals surface area contributed by atoms with Crippen LogP contribution in [0.4, 0.5) is 0 Å². The van der Waals surface area contributed by atoms with E-state index in [-0.39, 0.29) is 31.3 Å². The topological polar surface area (TPSA) is 86.7 Å². The van der Waals surface area contributed by atoms with Crippen molar-refractivity contribution in [2.75, 3.05) is 13.1 Å². The molecule has 6 nitrogen and oxygen atoms in total. The van der Waals surface area contributed by atoms with E-state index in [1.807, 2.05) is 0 Å². The smallest absolute Gasteiger partial charge is 0.328 e. The summed E-state index contributed by atoms with van der Waals surface area (Å²) in [7, 11) is 0. The monoisotopic (exact) mass is 226 g/mol. The van der Waals surface area contributed by atoms with Crippen molar-refractivity contribution in [3.63, 3.8) is 0 Å². The van der Waals surface area contributed by atoms with E-state index in [0.717, 1.165) is 4.90 Å². The molecule has 1 fully saturated rings. The molecule has 1 saturated heterocycles. The average Bonchev–Trinajstić information content (AvgIpc) is 2.25. The predicted molar refractivity (Wildman–Crippen MR) is 55.6 cm³/mol. The van der Waals surface area contributed by atoms with Gasteiger partial charge < -0.3 is 15.3 Å². The van der Waals surface area contributed by atoms with Gasteiger partial charge in [0.05, 0.1) is 0 Å². The Labute approximate surface area is 92.9 Å². The lowest BCUT2D eigenvalue weighted by molar-refractivity contribution is -0.154. The van der Waals surface area contributed by atoms with Crippen molar-refractivity contribution in [2.45, 2.75) is 18.9 Å². The highest BCUT2D eigenvalue weighted by molar-refractivity contribution is 5.91. The fraction of sp³-hybridized carbons (Fsp3) is 0.500. The molecule has 0 saturated carbocycles. The van der Waals surface area contributed by atoms with Crippen LogP contribution in [0.3, 0.4) is 0 Å². The van der Waals surface area contributed by atoms with Crippen LogP contribution >= 0.6 is 0 Å². The third kappa shape index (κ3) is 2.82. The lowest BCUT2D eigenvalue weighted by atomic mass is 10.1. The summed E-state index contributed by atoms with van der Waals surface area (Å²) in [4.78, 5) is 34.7. The van der Waals surface area contributed by atoms with Crippen molar-refractivity contribution < 1.29 is 19.5 Å². The fourth-order valence-corrected chi connectivity index (χ4v) is 1.49. The number of aliphatic carboxylic acids is 1. The lowest BCUT2D eigenvalue weighted by Crippen LogP contribution is -2.59. The van der Waals surface area contributed by atoms with Gasteiger partial charge in [-0.1, -0.05) is 6.08 Å². The zero-order valence-corrected chi connectivity index (χ0v) is 8.81. The van der Waals surface area contributed by atoms with Crippen LogP contribution in [0.25, 0.3) is 0 Å². The molecule has 1 unspecified atom stereocenters. The lowest BCUT2D eigenvalue weighted by Gasteiger charge is -2.32. The molecule has 2 N–H and O–H groups in total. The molecule has 1 heterocycles. The van der Waals surface area contributed by atoms with Crippen LogP contribution in [-0.4, -0.2) is 46.9 Å². The van der Waals surface area contributed by atoms with Crippen molar-refractivity contribution in [2.24, 2.45) is 0 Å². The number of carboxylic acids is 1. The number of rotatable bonds is 4. The van der Waals surface area contributed by atoms with Crippen LogP contribution < -0.4 is 5.32 Å². The molecule has 88 valence electrons. The minimum absolute atomic E-state index is 0.0337. The number of carbonyl (C=O) groups excluding carboxylic acids is 2. The molecule has 6 heteroatoms. The fourth-order valence-electron chi connectivity index (χ4n) is 1.49. The number of amides is 2. The quantitative estimate of drug-likeness (QED) is 0.624. The summed E-state index contributed by atoms with van der Waals surface area (Å²) >= 11 is 0. The summed E-state index contributed by atoms with van der Waals surface area (Å²) in [5.41, 5.74) is 0. The molecule has 0 spiro atoms. The van der Waals surface area contributed by atoms with Gasteiger partial charge in [0.25, 0.3) is 0 Å². The third-order valence-electron chi connectivity index (χ3n) is 2.35. The molecule has 16 heavy (non-hydrogen) atoms. The molecule has 0 aromatic heterocycles. The number of allylic oxidation sites excluding steroid dienone is 1. The van der Waals surface area contributed by atoms with Gasteiger partial charge in [0.1, 0.15) is 12.6 Å². The van der Waals surface area contributed by atoms with E-state index < -0.39 is 12.0 Å². The van der Waals surface area contributed by atoms with Crippen molar-refractivity contribution >= 4 is 17.8 Å². The van der Waals surface area contributed by atoms with E-state index in [2.05, 4.69) is 11.9 Å². The highest BCUT2D eigenvalue weighted by atomic mass is 16.4. The van der Waals surface area contributed by atoms with Crippen LogP contribution in [0.1, 0.15) is 12.8 Å². The number of nitrogens with one attached hydrogen (secondary N) is 1. The summed E-state index contributed by atoms with van der Waals surface area (Å²) in [5, 5.41) is 11.3. The Morgan fingerprint density at radius 1 is 1.62 bits per heavy atom. The molecular formula is C10H14N2O4. The highest BCUT2D eigenvalue weighted by Gasteiger charge is 2.34. The number of hydrogen-bond acceptors (Lipinski definition) is 3. The van der Waals surface area contributed by atoms with Gasteiger partial charge in [-0.15, -0.1) is 6.58 Å². The molecule has 0 radical (unpaired) electrons. The molecule has 1 atom stereocenters. The van der Waals surface area contributed by atoms with E-state index in [9.17, 15) is 14.4 Å². The van der Waals surface area contributed by atoms with Gasteiger partial charge in [0.15, 0.2) is 0 Å². The number of piperazine rings is 1. The number of hydrogen-bond donors (Lipinski definition) is 2. The van der Waals surface area contributed by atoms with Crippen molar-refractivity contribution in [3.8, 4) is 0 Å². The first-order valence-electron chi connectivity index (χ1n) is 4.96. The van der Waals surface area contributed by atoms with Crippen molar-refractivity contribution in [1.82, 2.24) is 10.2 Å². The summed E-state index contributed by atoms with van der Waals surface area (Å²) in [6.07, 6.45) is 2.24. The molecule has 0 bridgehead atoms. The molecule has 0 aromatic carbocycles. The Bertz CT molecular complexity index is 327. The minimum Gasteiger partial charge on any atom is -0.480 e. The molecule has 1 rings (SSSR count). The van der Waals surface area contributed by atoms with Gasteiger partial charge in [-0.3, -0.25) is 9.59 Å². The Balaban J connectivity index is 2.70. The summed E-state index contributed by atoms with van der Waals surface area (Å²) in [6.45, 7) is 3.26. The maximum Gasteiger partial charge on any atom is 0.328 e. The van der Waals surface area contributed by atoms with Gasteiger partial charge in [-0.25, -0.2) is 4.79 Å². The molecule has 0 aliphatic carbocycles. The van der Waals surface area contributed by atoms with Crippen LogP contribution in [-0.2, 0) is 14.4 Å². The molecular weight excluding hydrogens is 212 g/mol. The largest absolute Gasteiger partial charge is 0.480 e. The zero-order valence-electron chi connectivity index (χ0n) is 8.81. The second-order valence-electron chi connectivity index (χ2n) is 3.51. The first-order valence-corrected chi connectivity index (χ1v) is 4.96. The predicted octanol–water partition coefficient (Wildman–Crippen LogP) is -0.636. The van der Waals surface area contributed by atoms with Crippen molar-refractivity contribution in [1.29, 1.82) is 0 Å². The van der Waals surface area contributed by atoms with E-state index in [1.165, 1.54) is 0 Å². The standard InChI is InChI=1S/C10H14N2O4/c1-2-3-4-9(14)12-6-8(13)11-5-7(12)10(15)16/h2,7H,1,3-6H2,(H,11,13)(H,15,16). The molecule has 1 aliphatic heterocycles. The van der Waals surface area contributed by atoms with Gasteiger partial charge in [-0.05, 0) is 6.42 Å². The van der Waals surface area contributed by atoms with Gasteiger partial charge in [-0.2, -0.15) is 0 Å². The average molecular weight is 226 g/mol. The van der Waals surface area contributed by atoms with Crippen LogP contribution in [0.2, 0.25) is 0 Å². The second kappa shape index (κ2) is 5.29. The summed E-state index contributed by atoms with van der Waals surface area (Å²) in [6, 6.07) is -0.963. The Morgan fingerprint density at radius 3 is 2.88 bits per heavy atom. The van der Waals surface area contributed by atoms with E-state index in [4.69, 9.17) is 5.11 Å². The van der Waals surface area contributed by atoms with Gasteiger partial charge in [0.2, 0.25) is 11.8 Å². The van der Waals surface area contributed by atoms with E-state index in [0.29, 0.717) is 6.42 Å². The van der Waals surface area contributed by atoms with Gasteiger partial charge in [0, 0.05) is 13.0 Å². The summed E-state index contributed by atoms with van der Waals surface area (Å²) in [5.74, 6) is -1.77. The minimum atomic E-state index is -1.10. The Morgan fingerprint density at radius 2 is 2.31 bits per heavy atom. The maximum absolute atomic E-state index is 11.7. The second-order valence-corrected chi connectivity index (χ2v) is 3.51. The van der Waals surface area contributed by atoms with Crippen LogP contribution in [0.5, 0.6) is 0 Å². The first kappa shape index (κ1) is 12.2. The maximum atomic E-state index is 11.7. The van der Waals surface area contributed by atoms with Crippen LogP contribution in [0.15, 0.2) is 12.7 Å². The third-order valence-corrected chi connectivity index (χ3v) is 2.35. The number of nitrogens with zero attached hydrogens (tertiary/aromatic N) is 1. The Kier molecular flexibility index (Phi) is 4.04. The summed E-state index contributed by atoms with van der Waals surface area (Å²) < 4.78 is 0. The zero-order chi connectivity index (χ0) is 12.1. The molecule has 0 aromatic rings. The number of carboxylic acid groups (broad SMARTS) is 1. The normalized spacial score (nSPS) is 20.1. The van der Waals surface area contributed by atoms with E-state index in [1.54, 1.807) is 6.08 Å². The van der Waals surface area contributed by atoms with Gasteiger partial charge >= 0.3 is 5.97 Å². The van der Waals surface area contributed by atoms with Crippen LogP contribution in [0, 0.1) is 0 Å². The Hall–Kier alpha value is -1.85. The highest BCUT2D eigenvalue weighted by Crippen LogP contribution is 2.08.